The number of nitrogens with two attached hydrogens (primary N) is 1. The van der Waals surface area contributed by atoms with E-state index in [0.29, 0.717) is 12.2 Å². The second-order valence-electron chi connectivity index (χ2n) is 3.84. The summed E-state index contributed by atoms with van der Waals surface area (Å²) >= 11 is 1.59. The first-order chi connectivity index (χ1) is 8.60. The van der Waals surface area contributed by atoms with Gasteiger partial charge < -0.3 is 15.2 Å². The molecular formula is C13H19NO3S. The van der Waals surface area contributed by atoms with E-state index >= 15 is 0 Å². The number of ether oxygens (including phenoxy) is 2. The molecule has 0 amide bonds. The number of carbonyl (C=O) groups excluding carboxylic acids is 1. The van der Waals surface area contributed by atoms with E-state index in [0.717, 1.165) is 16.2 Å². The first-order valence-corrected chi connectivity index (χ1v) is 6.70. The van der Waals surface area contributed by atoms with Crippen molar-refractivity contribution in [3.8, 4) is 5.75 Å². The molecule has 0 saturated carbocycles. The van der Waals surface area contributed by atoms with Crippen molar-refractivity contribution >= 4 is 17.7 Å². The molecule has 0 saturated heterocycles. The minimum atomic E-state index is -0.201. The molecule has 4 nitrogen and oxygen atoms in total. The molecule has 100 valence electrons. The van der Waals surface area contributed by atoms with Crippen LogP contribution in [-0.4, -0.2) is 25.9 Å². The van der Waals surface area contributed by atoms with Crippen LogP contribution in [0.2, 0.25) is 0 Å². The van der Waals surface area contributed by atoms with Gasteiger partial charge in [0.1, 0.15) is 5.75 Å². The van der Waals surface area contributed by atoms with Crippen LogP contribution < -0.4 is 10.5 Å². The predicted molar refractivity (Wildman–Crippen MR) is 73.0 cm³/mol. The Kier molecular flexibility index (Phi) is 6.01. The normalized spacial score (nSPS) is 12.0. The third kappa shape index (κ3) is 3.92. The van der Waals surface area contributed by atoms with Crippen molar-refractivity contribution < 1.29 is 14.3 Å². The van der Waals surface area contributed by atoms with Crippen LogP contribution in [-0.2, 0) is 9.53 Å². The molecule has 1 unspecified atom stereocenters. The van der Waals surface area contributed by atoms with Gasteiger partial charge in [0, 0.05) is 22.3 Å². The summed E-state index contributed by atoms with van der Waals surface area (Å²) in [5.41, 5.74) is 6.95. The monoisotopic (exact) mass is 269 g/mol. The van der Waals surface area contributed by atoms with Gasteiger partial charge in [-0.25, -0.2) is 0 Å². The fourth-order valence-electron chi connectivity index (χ4n) is 1.62. The highest BCUT2D eigenvalue weighted by Gasteiger charge is 2.13. The molecule has 0 spiro atoms. The van der Waals surface area contributed by atoms with Crippen molar-refractivity contribution in [1.29, 1.82) is 0 Å². The molecule has 1 aromatic rings. The van der Waals surface area contributed by atoms with E-state index in [2.05, 4.69) is 4.74 Å². The molecule has 0 bridgehead atoms. The summed E-state index contributed by atoms with van der Waals surface area (Å²) in [4.78, 5) is 12.1. The van der Waals surface area contributed by atoms with E-state index in [4.69, 9.17) is 10.5 Å². The van der Waals surface area contributed by atoms with Crippen LogP contribution in [0.3, 0.4) is 0 Å². The van der Waals surface area contributed by atoms with E-state index in [1.54, 1.807) is 18.9 Å². The number of benzene rings is 1. The molecule has 18 heavy (non-hydrogen) atoms. The zero-order chi connectivity index (χ0) is 13.5. The van der Waals surface area contributed by atoms with Gasteiger partial charge in [-0.1, -0.05) is 6.07 Å². The largest absolute Gasteiger partial charge is 0.496 e. The molecule has 1 rings (SSSR count). The summed E-state index contributed by atoms with van der Waals surface area (Å²) in [6.45, 7) is 1.92. The summed E-state index contributed by atoms with van der Waals surface area (Å²) in [6, 6.07) is 5.69. The van der Waals surface area contributed by atoms with Gasteiger partial charge in [-0.15, -0.1) is 11.8 Å². The van der Waals surface area contributed by atoms with Gasteiger partial charge in [0.25, 0.3) is 0 Å². The molecule has 0 aliphatic rings. The van der Waals surface area contributed by atoms with Crippen molar-refractivity contribution in [2.75, 3.05) is 20.0 Å². The lowest BCUT2D eigenvalue weighted by atomic mass is 10.1. The average molecular weight is 269 g/mol. The number of rotatable bonds is 6. The van der Waals surface area contributed by atoms with Crippen LogP contribution in [0.1, 0.15) is 24.9 Å². The van der Waals surface area contributed by atoms with Gasteiger partial charge in [-0.05, 0) is 19.1 Å². The average Bonchev–Trinajstić information content (AvgIpc) is 2.37. The highest BCUT2D eigenvalue weighted by atomic mass is 32.2. The fraction of sp³-hybridized carbons (Fsp3) is 0.462. The van der Waals surface area contributed by atoms with E-state index in [1.807, 2.05) is 25.1 Å². The SMILES string of the molecule is COC(=O)CCSc1cccc(OC)c1C(C)N. The molecule has 0 heterocycles. The number of hydrogen-bond donors (Lipinski definition) is 1. The topological polar surface area (TPSA) is 61.5 Å². The quantitative estimate of drug-likeness (QED) is 0.634. The zero-order valence-corrected chi connectivity index (χ0v) is 11.8. The fourth-order valence-corrected chi connectivity index (χ4v) is 2.73. The maximum atomic E-state index is 11.1. The first kappa shape index (κ1) is 14.9. The molecule has 0 fully saturated rings. The molecule has 1 aromatic carbocycles. The van der Waals surface area contributed by atoms with Gasteiger partial charge in [-0.3, -0.25) is 4.79 Å². The van der Waals surface area contributed by atoms with Crippen LogP contribution in [0.25, 0.3) is 0 Å². The number of methoxy groups -OCH3 is 2. The van der Waals surface area contributed by atoms with Crippen LogP contribution >= 0.6 is 11.8 Å². The number of thioether (sulfide) groups is 1. The smallest absolute Gasteiger partial charge is 0.306 e. The predicted octanol–water partition coefficient (Wildman–Crippen LogP) is 2.37. The zero-order valence-electron chi connectivity index (χ0n) is 10.9. The second-order valence-corrected chi connectivity index (χ2v) is 4.97. The van der Waals surface area contributed by atoms with Crippen molar-refractivity contribution in [3.63, 3.8) is 0 Å². The summed E-state index contributed by atoms with van der Waals surface area (Å²) in [6.07, 6.45) is 0.386. The molecule has 0 radical (unpaired) electrons. The van der Waals surface area contributed by atoms with Crippen LogP contribution in [0, 0.1) is 0 Å². The summed E-state index contributed by atoms with van der Waals surface area (Å²) in [5.74, 6) is 1.25. The van der Waals surface area contributed by atoms with Crippen molar-refractivity contribution in [2.45, 2.75) is 24.3 Å². The van der Waals surface area contributed by atoms with E-state index < -0.39 is 0 Å². The van der Waals surface area contributed by atoms with E-state index in [9.17, 15) is 4.79 Å². The van der Waals surface area contributed by atoms with Gasteiger partial charge >= 0.3 is 5.97 Å². The first-order valence-electron chi connectivity index (χ1n) is 5.72. The summed E-state index contributed by atoms with van der Waals surface area (Å²) in [7, 11) is 3.02. The highest BCUT2D eigenvalue weighted by molar-refractivity contribution is 7.99. The van der Waals surface area contributed by atoms with Gasteiger partial charge in [0.2, 0.25) is 0 Å². The lowest BCUT2D eigenvalue weighted by molar-refractivity contribution is -0.140. The maximum absolute atomic E-state index is 11.1. The van der Waals surface area contributed by atoms with Crippen LogP contribution in [0.15, 0.2) is 23.1 Å². The second kappa shape index (κ2) is 7.28. The summed E-state index contributed by atoms with van der Waals surface area (Å²) in [5, 5.41) is 0. The molecule has 0 aliphatic carbocycles. The molecule has 0 aromatic heterocycles. The van der Waals surface area contributed by atoms with Crippen molar-refractivity contribution in [2.24, 2.45) is 5.73 Å². The highest BCUT2D eigenvalue weighted by Crippen LogP contribution is 2.34. The van der Waals surface area contributed by atoms with Crippen molar-refractivity contribution in [3.05, 3.63) is 23.8 Å². The van der Waals surface area contributed by atoms with Crippen molar-refractivity contribution in [1.82, 2.24) is 0 Å². The Labute approximate surface area is 112 Å². The standard InChI is InChI=1S/C13H19NO3S/c1-9(14)13-10(16-2)5-4-6-11(13)18-8-7-12(15)17-3/h4-6,9H,7-8,14H2,1-3H3. The third-order valence-corrected chi connectivity index (χ3v) is 3.57. The molecule has 5 heteroatoms. The minimum Gasteiger partial charge on any atom is -0.496 e. The van der Waals surface area contributed by atoms with Gasteiger partial charge in [0.15, 0.2) is 0 Å². The Bertz CT molecular complexity index is 407. The Hall–Kier alpha value is -1.20. The number of hydrogen-bond acceptors (Lipinski definition) is 5. The number of esters is 1. The van der Waals surface area contributed by atoms with Crippen LogP contribution in [0.5, 0.6) is 5.75 Å². The lowest BCUT2D eigenvalue weighted by Crippen LogP contribution is -2.09. The molecule has 0 aliphatic heterocycles. The lowest BCUT2D eigenvalue weighted by Gasteiger charge is -2.16. The Morgan fingerprint density at radius 1 is 1.44 bits per heavy atom. The number of carbonyl (C=O) groups is 1. The minimum absolute atomic E-state index is 0.109. The molecular weight excluding hydrogens is 250 g/mol. The van der Waals surface area contributed by atoms with Gasteiger partial charge in [-0.2, -0.15) is 0 Å². The van der Waals surface area contributed by atoms with Crippen LogP contribution in [0.4, 0.5) is 0 Å². The summed E-state index contributed by atoms with van der Waals surface area (Å²) < 4.78 is 9.92. The molecule has 1 atom stereocenters. The Morgan fingerprint density at radius 3 is 2.72 bits per heavy atom. The Balaban J connectivity index is 2.78. The van der Waals surface area contributed by atoms with E-state index in [-0.39, 0.29) is 12.0 Å². The van der Waals surface area contributed by atoms with E-state index in [1.165, 1.54) is 7.11 Å². The van der Waals surface area contributed by atoms with Gasteiger partial charge in [0.05, 0.1) is 20.6 Å². The molecule has 2 N–H and O–H groups in total. The maximum Gasteiger partial charge on any atom is 0.306 e. The third-order valence-electron chi connectivity index (χ3n) is 2.49. The Morgan fingerprint density at radius 2 is 2.17 bits per heavy atom.